The Bertz CT molecular complexity index is 678. The van der Waals surface area contributed by atoms with Crippen molar-refractivity contribution in [3.8, 4) is 5.75 Å². The number of phenolic OH excluding ortho intramolecular Hbond substituents is 1. The number of phenols is 1. The predicted molar refractivity (Wildman–Crippen MR) is 91.1 cm³/mol. The Morgan fingerprint density at radius 3 is 2.58 bits per heavy atom. The molecule has 0 bridgehead atoms. The van der Waals surface area contributed by atoms with Crippen LogP contribution in [0, 0.1) is 11.8 Å². The Hall–Kier alpha value is -2.83. The third-order valence-electron chi connectivity index (χ3n) is 4.37. The van der Waals surface area contributed by atoms with Gasteiger partial charge in [0.15, 0.2) is 0 Å². The fourth-order valence-corrected chi connectivity index (χ4v) is 2.85. The summed E-state index contributed by atoms with van der Waals surface area (Å²) in [5.41, 5.74) is 1.06. The van der Waals surface area contributed by atoms with E-state index in [0.29, 0.717) is 12.7 Å². The minimum Gasteiger partial charge on any atom is -0.508 e. The standard InChI is InChI=1S/C19H22O7/c1-12-16(10-20)15(17(11-26-12)19(23)24-2)9-18(22)25-8-7-13-3-5-14(21)6-4-13/h3-6,10-12,15-16,21H,7-9H2,1-2H3/t12-,15?,16-/m1/s1. The Morgan fingerprint density at radius 1 is 1.27 bits per heavy atom. The average Bonchev–Trinajstić information content (AvgIpc) is 2.63. The highest BCUT2D eigenvalue weighted by molar-refractivity contribution is 5.90. The SMILES string of the molecule is COC(=O)C1=CO[C@H](C)[C@@H](C=O)C1CC(=O)OCCc1ccc(O)cc1. The largest absolute Gasteiger partial charge is 0.508 e. The first-order chi connectivity index (χ1) is 12.5. The number of carbonyl (C=O) groups is 3. The number of rotatable bonds is 7. The topological polar surface area (TPSA) is 99.1 Å². The van der Waals surface area contributed by atoms with Crippen molar-refractivity contribution in [3.63, 3.8) is 0 Å². The van der Waals surface area contributed by atoms with Crippen LogP contribution in [0.15, 0.2) is 36.1 Å². The molecule has 2 rings (SSSR count). The molecule has 0 aliphatic carbocycles. The second-order valence-electron chi connectivity index (χ2n) is 6.07. The molecule has 0 saturated heterocycles. The predicted octanol–water partition coefficient (Wildman–Crippen LogP) is 1.77. The van der Waals surface area contributed by atoms with Gasteiger partial charge in [0.1, 0.15) is 18.1 Å². The van der Waals surface area contributed by atoms with Crippen molar-refractivity contribution in [1.82, 2.24) is 0 Å². The van der Waals surface area contributed by atoms with Crippen LogP contribution in [0.1, 0.15) is 18.9 Å². The first-order valence-electron chi connectivity index (χ1n) is 8.29. The van der Waals surface area contributed by atoms with Crippen LogP contribution in [0.2, 0.25) is 0 Å². The first kappa shape index (κ1) is 19.5. The van der Waals surface area contributed by atoms with Crippen molar-refractivity contribution in [2.24, 2.45) is 11.8 Å². The molecular formula is C19H22O7. The molecule has 1 aromatic carbocycles. The summed E-state index contributed by atoms with van der Waals surface area (Å²) in [6, 6.07) is 6.60. The molecule has 26 heavy (non-hydrogen) atoms. The van der Waals surface area contributed by atoms with E-state index < -0.39 is 29.9 Å². The monoisotopic (exact) mass is 362 g/mol. The van der Waals surface area contributed by atoms with Gasteiger partial charge in [-0.1, -0.05) is 12.1 Å². The van der Waals surface area contributed by atoms with Crippen molar-refractivity contribution >= 4 is 18.2 Å². The number of methoxy groups -OCH3 is 1. The average molecular weight is 362 g/mol. The van der Waals surface area contributed by atoms with Crippen LogP contribution >= 0.6 is 0 Å². The van der Waals surface area contributed by atoms with Gasteiger partial charge in [0, 0.05) is 12.3 Å². The minimum atomic E-state index is -0.648. The number of esters is 2. The van der Waals surface area contributed by atoms with E-state index >= 15 is 0 Å². The van der Waals surface area contributed by atoms with Crippen LogP contribution in [-0.4, -0.2) is 43.2 Å². The van der Waals surface area contributed by atoms with Crippen molar-refractivity contribution in [2.45, 2.75) is 25.9 Å². The Labute approximate surface area is 151 Å². The highest BCUT2D eigenvalue weighted by Gasteiger charge is 2.39. The first-order valence-corrected chi connectivity index (χ1v) is 8.29. The lowest BCUT2D eigenvalue weighted by Gasteiger charge is -2.32. The van der Waals surface area contributed by atoms with Gasteiger partial charge in [-0.15, -0.1) is 0 Å². The van der Waals surface area contributed by atoms with Gasteiger partial charge in [-0.2, -0.15) is 0 Å². The molecule has 1 unspecified atom stereocenters. The third kappa shape index (κ3) is 4.84. The summed E-state index contributed by atoms with van der Waals surface area (Å²) in [6.45, 7) is 1.86. The normalized spacial score (nSPS) is 21.9. The fourth-order valence-electron chi connectivity index (χ4n) is 2.85. The maximum Gasteiger partial charge on any atom is 0.337 e. The lowest BCUT2D eigenvalue weighted by atomic mass is 9.80. The van der Waals surface area contributed by atoms with E-state index in [9.17, 15) is 19.5 Å². The maximum absolute atomic E-state index is 12.2. The molecule has 1 aliphatic heterocycles. The summed E-state index contributed by atoms with van der Waals surface area (Å²) in [6.07, 6.45) is 1.87. The van der Waals surface area contributed by atoms with Crippen molar-refractivity contribution in [2.75, 3.05) is 13.7 Å². The van der Waals surface area contributed by atoms with Gasteiger partial charge in [0.2, 0.25) is 0 Å². The van der Waals surface area contributed by atoms with Crippen LogP contribution in [0.3, 0.4) is 0 Å². The molecule has 140 valence electrons. The van der Waals surface area contributed by atoms with Crippen molar-refractivity contribution in [3.05, 3.63) is 41.7 Å². The van der Waals surface area contributed by atoms with Gasteiger partial charge in [-0.05, 0) is 24.6 Å². The van der Waals surface area contributed by atoms with Crippen LogP contribution in [-0.2, 0) is 35.0 Å². The minimum absolute atomic E-state index is 0.117. The Balaban J connectivity index is 1.96. The van der Waals surface area contributed by atoms with E-state index in [-0.39, 0.29) is 24.4 Å². The second kappa shape index (κ2) is 9.03. The zero-order valence-electron chi connectivity index (χ0n) is 14.7. The molecule has 1 aromatic rings. The highest BCUT2D eigenvalue weighted by Crippen LogP contribution is 2.33. The molecule has 0 radical (unpaired) electrons. The summed E-state index contributed by atoms with van der Waals surface area (Å²) >= 11 is 0. The smallest absolute Gasteiger partial charge is 0.337 e. The van der Waals surface area contributed by atoms with Gasteiger partial charge < -0.3 is 24.1 Å². The number of aromatic hydroxyl groups is 1. The molecule has 0 aromatic heterocycles. The van der Waals surface area contributed by atoms with Gasteiger partial charge in [-0.25, -0.2) is 4.79 Å². The Morgan fingerprint density at radius 2 is 1.96 bits per heavy atom. The highest BCUT2D eigenvalue weighted by atomic mass is 16.5. The van der Waals surface area contributed by atoms with Gasteiger partial charge in [0.05, 0.1) is 37.9 Å². The molecule has 1 heterocycles. The molecular weight excluding hydrogens is 340 g/mol. The Kier molecular flexibility index (Phi) is 6.77. The number of aldehydes is 1. The summed E-state index contributed by atoms with van der Waals surface area (Å²) in [5.74, 6) is -2.26. The molecule has 0 amide bonds. The number of benzene rings is 1. The summed E-state index contributed by atoms with van der Waals surface area (Å²) in [5, 5.41) is 9.25. The van der Waals surface area contributed by atoms with E-state index in [0.717, 1.165) is 5.56 Å². The van der Waals surface area contributed by atoms with Crippen molar-refractivity contribution < 1.29 is 33.7 Å². The van der Waals surface area contributed by atoms with E-state index in [1.54, 1.807) is 31.2 Å². The van der Waals surface area contributed by atoms with Crippen molar-refractivity contribution in [1.29, 1.82) is 0 Å². The quantitative estimate of drug-likeness (QED) is 0.583. The van der Waals surface area contributed by atoms with Crippen LogP contribution < -0.4 is 0 Å². The van der Waals surface area contributed by atoms with E-state index in [1.807, 2.05) is 0 Å². The van der Waals surface area contributed by atoms with E-state index in [4.69, 9.17) is 14.2 Å². The summed E-state index contributed by atoms with van der Waals surface area (Å²) < 4.78 is 15.2. The molecule has 3 atom stereocenters. The van der Waals surface area contributed by atoms with Crippen LogP contribution in [0.25, 0.3) is 0 Å². The number of hydrogen-bond acceptors (Lipinski definition) is 7. The number of carbonyl (C=O) groups excluding carboxylic acids is 3. The zero-order chi connectivity index (χ0) is 19.1. The van der Waals surface area contributed by atoms with Gasteiger partial charge >= 0.3 is 11.9 Å². The molecule has 7 heteroatoms. The van der Waals surface area contributed by atoms with Gasteiger partial charge in [0.25, 0.3) is 0 Å². The second-order valence-corrected chi connectivity index (χ2v) is 6.07. The maximum atomic E-state index is 12.2. The number of ether oxygens (including phenoxy) is 3. The molecule has 1 N–H and O–H groups in total. The fraction of sp³-hybridized carbons (Fsp3) is 0.421. The molecule has 1 aliphatic rings. The molecule has 0 saturated carbocycles. The van der Waals surface area contributed by atoms with Crippen LogP contribution in [0.4, 0.5) is 0 Å². The van der Waals surface area contributed by atoms with E-state index in [2.05, 4.69) is 0 Å². The number of hydrogen-bond donors (Lipinski definition) is 1. The molecule has 0 spiro atoms. The van der Waals surface area contributed by atoms with Crippen LogP contribution in [0.5, 0.6) is 5.75 Å². The summed E-state index contributed by atoms with van der Waals surface area (Å²) in [4.78, 5) is 35.5. The summed E-state index contributed by atoms with van der Waals surface area (Å²) in [7, 11) is 1.23. The molecule has 0 fully saturated rings. The zero-order valence-corrected chi connectivity index (χ0v) is 14.7. The lowest BCUT2D eigenvalue weighted by molar-refractivity contribution is -0.146. The van der Waals surface area contributed by atoms with Gasteiger partial charge in [-0.3, -0.25) is 4.79 Å². The lowest BCUT2D eigenvalue weighted by Crippen LogP contribution is -2.37. The third-order valence-corrected chi connectivity index (χ3v) is 4.37. The molecule has 7 nitrogen and oxygen atoms in total. The van der Waals surface area contributed by atoms with E-state index in [1.165, 1.54) is 13.4 Å².